The van der Waals surface area contributed by atoms with Gasteiger partial charge in [-0.1, -0.05) is 0 Å². The monoisotopic (exact) mass is 224 g/mol. The number of thioether (sulfide) groups is 1. The third-order valence-electron chi connectivity index (χ3n) is 2.25. The average Bonchev–Trinajstić information content (AvgIpc) is 2.28. The van der Waals surface area contributed by atoms with Gasteiger partial charge in [0.1, 0.15) is 0 Å². The van der Waals surface area contributed by atoms with Gasteiger partial charge >= 0.3 is 0 Å². The highest BCUT2D eigenvalue weighted by Crippen LogP contribution is 2.10. The molecular weight excluding hydrogens is 208 g/mol. The first-order chi connectivity index (χ1) is 7.15. The van der Waals surface area contributed by atoms with Crippen molar-refractivity contribution in [2.75, 3.05) is 13.3 Å². The maximum atomic E-state index is 11.8. The Kier molecular flexibility index (Phi) is 4.62. The van der Waals surface area contributed by atoms with Crippen LogP contribution in [0.3, 0.4) is 0 Å². The quantitative estimate of drug-likeness (QED) is 0.782. The lowest BCUT2D eigenvalue weighted by Gasteiger charge is -2.20. The van der Waals surface area contributed by atoms with E-state index in [1.54, 1.807) is 29.1 Å². The molecule has 0 spiro atoms. The highest BCUT2D eigenvalue weighted by Gasteiger charge is 2.15. The van der Waals surface area contributed by atoms with Crippen molar-refractivity contribution in [2.24, 2.45) is 0 Å². The van der Waals surface area contributed by atoms with Gasteiger partial charge < -0.3 is 4.90 Å². The Morgan fingerprint density at radius 2 is 2.13 bits per heavy atom. The highest BCUT2D eigenvalue weighted by molar-refractivity contribution is 7.99. The minimum atomic E-state index is 0.0248. The maximum Gasteiger partial charge on any atom is 0.235 e. The second kappa shape index (κ2) is 5.75. The van der Waals surface area contributed by atoms with Crippen LogP contribution in [-0.4, -0.2) is 34.3 Å². The predicted molar refractivity (Wildman–Crippen MR) is 63.7 cm³/mol. The lowest BCUT2D eigenvalue weighted by Crippen LogP contribution is -2.32. The Morgan fingerprint density at radius 1 is 1.53 bits per heavy atom. The number of aromatic nitrogens is 1. The van der Waals surface area contributed by atoms with Crippen molar-refractivity contribution in [1.82, 2.24) is 9.88 Å². The molecule has 0 aromatic carbocycles. The van der Waals surface area contributed by atoms with Gasteiger partial charge in [0.2, 0.25) is 5.91 Å². The molecule has 0 aliphatic carbocycles. The lowest BCUT2D eigenvalue weighted by molar-refractivity contribution is -0.129. The SMILES string of the molecule is CSC(C)C(=O)N(C)Cc1ccncc1. The summed E-state index contributed by atoms with van der Waals surface area (Å²) in [6.07, 6.45) is 5.43. The summed E-state index contributed by atoms with van der Waals surface area (Å²) in [4.78, 5) is 17.5. The van der Waals surface area contributed by atoms with Gasteiger partial charge in [-0.05, 0) is 30.9 Å². The fourth-order valence-corrected chi connectivity index (χ4v) is 1.63. The van der Waals surface area contributed by atoms with E-state index in [-0.39, 0.29) is 11.2 Å². The van der Waals surface area contributed by atoms with Crippen molar-refractivity contribution in [2.45, 2.75) is 18.7 Å². The molecule has 0 saturated carbocycles. The molecule has 0 N–H and O–H groups in total. The summed E-state index contributed by atoms with van der Waals surface area (Å²) < 4.78 is 0. The van der Waals surface area contributed by atoms with Crippen LogP contribution in [0.1, 0.15) is 12.5 Å². The summed E-state index contributed by atoms with van der Waals surface area (Å²) >= 11 is 1.57. The summed E-state index contributed by atoms with van der Waals surface area (Å²) in [5, 5.41) is 0.0248. The Balaban J connectivity index is 2.56. The summed E-state index contributed by atoms with van der Waals surface area (Å²) in [7, 11) is 1.83. The van der Waals surface area contributed by atoms with Crippen LogP contribution in [0.2, 0.25) is 0 Å². The van der Waals surface area contributed by atoms with Crippen molar-refractivity contribution < 1.29 is 4.79 Å². The van der Waals surface area contributed by atoms with Gasteiger partial charge in [0.05, 0.1) is 5.25 Å². The molecule has 1 aromatic heterocycles. The number of hydrogen-bond acceptors (Lipinski definition) is 3. The van der Waals surface area contributed by atoms with Crippen LogP contribution in [0, 0.1) is 0 Å². The molecule has 1 atom stereocenters. The van der Waals surface area contributed by atoms with E-state index in [0.29, 0.717) is 6.54 Å². The molecular formula is C11H16N2OS. The first kappa shape index (κ1) is 12.0. The number of pyridine rings is 1. The van der Waals surface area contributed by atoms with Gasteiger partial charge in [-0.2, -0.15) is 11.8 Å². The highest BCUT2D eigenvalue weighted by atomic mass is 32.2. The number of rotatable bonds is 4. The Bertz CT molecular complexity index is 316. The fourth-order valence-electron chi connectivity index (χ4n) is 1.25. The molecule has 82 valence electrons. The number of carbonyl (C=O) groups is 1. The van der Waals surface area contributed by atoms with E-state index in [9.17, 15) is 4.79 Å². The zero-order chi connectivity index (χ0) is 11.3. The van der Waals surface area contributed by atoms with Crippen LogP contribution in [0.4, 0.5) is 0 Å². The zero-order valence-electron chi connectivity index (χ0n) is 9.30. The Hall–Kier alpha value is -1.03. The van der Waals surface area contributed by atoms with E-state index in [4.69, 9.17) is 0 Å². The maximum absolute atomic E-state index is 11.8. The summed E-state index contributed by atoms with van der Waals surface area (Å²) in [6.45, 7) is 2.57. The molecule has 0 aliphatic rings. The standard InChI is InChI=1S/C11H16N2OS/c1-9(15-3)11(14)13(2)8-10-4-6-12-7-5-10/h4-7,9H,8H2,1-3H3. The second-order valence-corrected chi connectivity index (χ2v) is 4.61. The van der Waals surface area contributed by atoms with Gasteiger partial charge in [-0.25, -0.2) is 0 Å². The van der Waals surface area contributed by atoms with E-state index in [1.807, 2.05) is 32.4 Å². The van der Waals surface area contributed by atoms with Crippen LogP contribution in [0.25, 0.3) is 0 Å². The van der Waals surface area contributed by atoms with E-state index in [0.717, 1.165) is 5.56 Å². The minimum Gasteiger partial charge on any atom is -0.340 e. The molecule has 1 rings (SSSR count). The van der Waals surface area contributed by atoms with Crippen molar-refractivity contribution in [3.63, 3.8) is 0 Å². The largest absolute Gasteiger partial charge is 0.340 e. The van der Waals surface area contributed by atoms with Crippen molar-refractivity contribution in [3.8, 4) is 0 Å². The van der Waals surface area contributed by atoms with E-state index < -0.39 is 0 Å². The van der Waals surface area contributed by atoms with E-state index in [2.05, 4.69) is 4.98 Å². The van der Waals surface area contributed by atoms with Crippen LogP contribution in [0.5, 0.6) is 0 Å². The molecule has 0 fully saturated rings. The molecule has 4 heteroatoms. The number of amides is 1. The topological polar surface area (TPSA) is 33.2 Å². The minimum absolute atomic E-state index is 0.0248. The Labute approximate surface area is 94.9 Å². The van der Waals surface area contributed by atoms with E-state index in [1.165, 1.54) is 0 Å². The van der Waals surface area contributed by atoms with Crippen LogP contribution in [-0.2, 0) is 11.3 Å². The first-order valence-electron chi connectivity index (χ1n) is 4.82. The van der Waals surface area contributed by atoms with Crippen molar-refractivity contribution in [3.05, 3.63) is 30.1 Å². The molecule has 1 amide bonds. The molecule has 0 aliphatic heterocycles. The lowest BCUT2D eigenvalue weighted by atomic mass is 10.2. The van der Waals surface area contributed by atoms with Crippen LogP contribution >= 0.6 is 11.8 Å². The van der Waals surface area contributed by atoms with Gasteiger partial charge in [-0.3, -0.25) is 9.78 Å². The van der Waals surface area contributed by atoms with Crippen LogP contribution in [0.15, 0.2) is 24.5 Å². The smallest absolute Gasteiger partial charge is 0.235 e. The molecule has 1 unspecified atom stereocenters. The summed E-state index contributed by atoms with van der Waals surface area (Å²) in [5.74, 6) is 0.166. The third-order valence-corrected chi connectivity index (χ3v) is 3.16. The molecule has 0 bridgehead atoms. The van der Waals surface area contributed by atoms with Gasteiger partial charge in [0.15, 0.2) is 0 Å². The molecule has 1 heterocycles. The number of nitrogens with zero attached hydrogens (tertiary/aromatic N) is 2. The normalized spacial score (nSPS) is 12.2. The van der Waals surface area contributed by atoms with Crippen molar-refractivity contribution >= 4 is 17.7 Å². The van der Waals surface area contributed by atoms with E-state index >= 15 is 0 Å². The zero-order valence-corrected chi connectivity index (χ0v) is 10.1. The van der Waals surface area contributed by atoms with Gasteiger partial charge in [-0.15, -0.1) is 0 Å². The number of carbonyl (C=O) groups excluding carboxylic acids is 1. The third kappa shape index (κ3) is 3.55. The Morgan fingerprint density at radius 3 is 2.67 bits per heavy atom. The van der Waals surface area contributed by atoms with Crippen LogP contribution < -0.4 is 0 Å². The van der Waals surface area contributed by atoms with Gasteiger partial charge in [0.25, 0.3) is 0 Å². The molecule has 1 aromatic rings. The molecule has 0 saturated heterocycles. The first-order valence-corrected chi connectivity index (χ1v) is 6.10. The van der Waals surface area contributed by atoms with Crippen molar-refractivity contribution in [1.29, 1.82) is 0 Å². The fraction of sp³-hybridized carbons (Fsp3) is 0.455. The molecule has 15 heavy (non-hydrogen) atoms. The molecule has 3 nitrogen and oxygen atoms in total. The van der Waals surface area contributed by atoms with Gasteiger partial charge in [0, 0.05) is 26.0 Å². The predicted octanol–water partition coefficient (Wildman–Crippen LogP) is 1.79. The average molecular weight is 224 g/mol. The molecule has 0 radical (unpaired) electrons. The number of hydrogen-bond donors (Lipinski definition) is 0. The summed E-state index contributed by atoms with van der Waals surface area (Å²) in [6, 6.07) is 3.85. The summed E-state index contributed by atoms with van der Waals surface area (Å²) in [5.41, 5.74) is 1.11. The second-order valence-electron chi connectivity index (χ2n) is 3.43.